The van der Waals surface area contributed by atoms with Crippen LogP contribution in [0.5, 0.6) is 5.75 Å². The molecule has 92 valence electrons. The fourth-order valence-electron chi connectivity index (χ4n) is 1.99. The van der Waals surface area contributed by atoms with E-state index >= 15 is 0 Å². The van der Waals surface area contributed by atoms with Gasteiger partial charge in [0.15, 0.2) is 5.78 Å². The first-order valence-electron chi connectivity index (χ1n) is 5.71. The Kier molecular flexibility index (Phi) is 4.35. The minimum Gasteiger partial charge on any atom is -0.496 e. The molecule has 0 amide bonds. The normalized spacial score (nSPS) is 20.0. The van der Waals surface area contributed by atoms with Gasteiger partial charge in [-0.15, -0.1) is 0 Å². The van der Waals surface area contributed by atoms with Gasteiger partial charge in [0.25, 0.3) is 0 Å². The number of carbonyl (C=O) groups excluding carboxylic acids is 1. The summed E-state index contributed by atoms with van der Waals surface area (Å²) in [5, 5.41) is 0.645. The molecule has 1 saturated heterocycles. The Morgan fingerprint density at radius 1 is 1.47 bits per heavy atom. The van der Waals surface area contributed by atoms with Gasteiger partial charge < -0.3 is 4.74 Å². The summed E-state index contributed by atoms with van der Waals surface area (Å²) in [5.74, 6) is 1.83. The minimum atomic E-state index is 0.0658. The van der Waals surface area contributed by atoms with Crippen molar-refractivity contribution in [3.63, 3.8) is 0 Å². The van der Waals surface area contributed by atoms with Crippen LogP contribution in [0.1, 0.15) is 29.6 Å². The highest BCUT2D eigenvalue weighted by Gasteiger charge is 2.25. The van der Waals surface area contributed by atoms with Crippen molar-refractivity contribution in [1.82, 2.24) is 0 Å². The smallest absolute Gasteiger partial charge is 0.179 e. The van der Waals surface area contributed by atoms with Crippen molar-refractivity contribution in [3.05, 3.63) is 28.8 Å². The minimum absolute atomic E-state index is 0.0658. The Bertz CT molecular complexity index is 414. The molecule has 0 bridgehead atoms. The molecule has 17 heavy (non-hydrogen) atoms. The summed E-state index contributed by atoms with van der Waals surface area (Å²) in [4.78, 5) is 12.4. The molecule has 0 saturated carbocycles. The number of carbonyl (C=O) groups is 1. The summed E-state index contributed by atoms with van der Waals surface area (Å²) >= 11 is 7.69. The summed E-state index contributed by atoms with van der Waals surface area (Å²) < 4.78 is 5.22. The summed E-state index contributed by atoms with van der Waals surface area (Å²) in [6.07, 6.45) is 3.30. The van der Waals surface area contributed by atoms with E-state index < -0.39 is 0 Å². The molecule has 1 heterocycles. The molecule has 1 atom stereocenters. The lowest BCUT2D eigenvalue weighted by molar-refractivity contribution is 0.0982. The van der Waals surface area contributed by atoms with E-state index in [1.54, 1.807) is 37.1 Å². The van der Waals surface area contributed by atoms with Crippen LogP contribution >= 0.6 is 23.4 Å². The van der Waals surface area contributed by atoms with E-state index in [2.05, 4.69) is 0 Å². The van der Waals surface area contributed by atoms with Gasteiger partial charge in [-0.25, -0.2) is 0 Å². The summed E-state index contributed by atoms with van der Waals surface area (Å²) in [7, 11) is 1.58. The summed E-state index contributed by atoms with van der Waals surface area (Å²) in [6, 6.07) is 5.20. The number of benzene rings is 1. The zero-order chi connectivity index (χ0) is 12.3. The maximum Gasteiger partial charge on any atom is 0.179 e. The number of Topliss-reactive ketones (excluding diaryl/α,β-unsaturated/α-hetero) is 1. The second kappa shape index (κ2) is 5.78. The van der Waals surface area contributed by atoms with Gasteiger partial charge in [0.2, 0.25) is 0 Å². The first-order valence-corrected chi connectivity index (χ1v) is 7.14. The zero-order valence-corrected chi connectivity index (χ0v) is 11.3. The maximum absolute atomic E-state index is 12.4. The molecule has 1 unspecified atom stereocenters. The molecule has 0 N–H and O–H groups in total. The fourth-order valence-corrected chi connectivity index (χ4v) is 3.43. The Labute approximate surface area is 111 Å². The van der Waals surface area contributed by atoms with Crippen molar-refractivity contribution in [2.24, 2.45) is 0 Å². The molecule has 1 fully saturated rings. The lowest BCUT2D eigenvalue weighted by atomic mass is 10.0. The number of hydrogen-bond acceptors (Lipinski definition) is 3. The van der Waals surface area contributed by atoms with Crippen LogP contribution in [-0.2, 0) is 0 Å². The van der Waals surface area contributed by atoms with E-state index in [9.17, 15) is 4.79 Å². The van der Waals surface area contributed by atoms with Gasteiger partial charge in [0.1, 0.15) is 5.75 Å². The Morgan fingerprint density at radius 2 is 2.29 bits per heavy atom. The van der Waals surface area contributed by atoms with Crippen LogP contribution < -0.4 is 4.74 Å². The molecule has 0 radical (unpaired) electrons. The fraction of sp³-hybridized carbons (Fsp3) is 0.462. The highest BCUT2D eigenvalue weighted by molar-refractivity contribution is 8.00. The van der Waals surface area contributed by atoms with Crippen LogP contribution in [0.2, 0.25) is 5.02 Å². The second-order valence-corrected chi connectivity index (χ2v) is 5.81. The van der Waals surface area contributed by atoms with Crippen molar-refractivity contribution in [1.29, 1.82) is 0 Å². The van der Waals surface area contributed by atoms with Crippen molar-refractivity contribution >= 4 is 29.1 Å². The van der Waals surface area contributed by atoms with Gasteiger partial charge in [0, 0.05) is 5.02 Å². The average Bonchev–Trinajstić information content (AvgIpc) is 2.39. The molecule has 0 aromatic heterocycles. The number of rotatable bonds is 3. The molecular weight excluding hydrogens is 256 g/mol. The number of ether oxygens (including phenoxy) is 1. The Morgan fingerprint density at radius 3 is 2.94 bits per heavy atom. The quantitative estimate of drug-likeness (QED) is 0.781. The monoisotopic (exact) mass is 270 g/mol. The third-order valence-electron chi connectivity index (χ3n) is 2.90. The molecule has 0 aliphatic carbocycles. The van der Waals surface area contributed by atoms with E-state index in [4.69, 9.17) is 16.3 Å². The lowest BCUT2D eigenvalue weighted by Gasteiger charge is -2.20. The molecule has 1 aromatic carbocycles. The van der Waals surface area contributed by atoms with Crippen molar-refractivity contribution in [2.75, 3.05) is 12.9 Å². The van der Waals surface area contributed by atoms with Gasteiger partial charge in [-0.3, -0.25) is 4.79 Å². The van der Waals surface area contributed by atoms with E-state index in [1.807, 2.05) is 0 Å². The molecule has 4 heteroatoms. The van der Waals surface area contributed by atoms with Gasteiger partial charge >= 0.3 is 0 Å². The van der Waals surface area contributed by atoms with Crippen LogP contribution in [0, 0.1) is 0 Å². The highest BCUT2D eigenvalue weighted by Crippen LogP contribution is 2.31. The number of methoxy groups -OCH3 is 1. The predicted molar refractivity (Wildman–Crippen MR) is 72.4 cm³/mol. The Hall–Kier alpha value is -0.670. The molecule has 2 rings (SSSR count). The Balaban J connectivity index is 2.25. The molecular formula is C13H15ClO2S. The SMILES string of the molecule is COc1ccc(Cl)cc1C(=O)C1CCCCS1. The van der Waals surface area contributed by atoms with Gasteiger partial charge in [0.05, 0.1) is 17.9 Å². The third kappa shape index (κ3) is 2.96. The summed E-state index contributed by atoms with van der Waals surface area (Å²) in [6.45, 7) is 0. The third-order valence-corrected chi connectivity index (χ3v) is 4.51. The van der Waals surface area contributed by atoms with Crippen LogP contribution in [0.3, 0.4) is 0 Å². The van der Waals surface area contributed by atoms with Crippen LogP contribution in [0.15, 0.2) is 18.2 Å². The first-order chi connectivity index (χ1) is 8.22. The molecule has 0 spiro atoms. The van der Waals surface area contributed by atoms with Crippen LogP contribution in [0.4, 0.5) is 0 Å². The zero-order valence-electron chi connectivity index (χ0n) is 9.74. The summed E-state index contributed by atoms with van der Waals surface area (Å²) in [5.41, 5.74) is 0.611. The van der Waals surface area contributed by atoms with Gasteiger partial charge in [-0.1, -0.05) is 18.0 Å². The number of halogens is 1. The predicted octanol–water partition coefficient (Wildman–Crippen LogP) is 3.82. The number of ketones is 1. The second-order valence-electron chi connectivity index (χ2n) is 4.06. The highest BCUT2D eigenvalue weighted by atomic mass is 35.5. The topological polar surface area (TPSA) is 26.3 Å². The molecule has 2 nitrogen and oxygen atoms in total. The van der Waals surface area contributed by atoms with Gasteiger partial charge in [-0.2, -0.15) is 11.8 Å². The number of hydrogen-bond donors (Lipinski definition) is 0. The first kappa shape index (κ1) is 12.8. The maximum atomic E-state index is 12.4. The van der Waals surface area contributed by atoms with Crippen molar-refractivity contribution < 1.29 is 9.53 Å². The van der Waals surface area contributed by atoms with Crippen molar-refractivity contribution in [2.45, 2.75) is 24.5 Å². The molecule has 1 aliphatic heterocycles. The van der Waals surface area contributed by atoms with E-state index in [1.165, 1.54) is 6.42 Å². The van der Waals surface area contributed by atoms with E-state index in [0.29, 0.717) is 16.3 Å². The van der Waals surface area contributed by atoms with Gasteiger partial charge in [-0.05, 0) is 36.8 Å². The lowest BCUT2D eigenvalue weighted by Crippen LogP contribution is -2.21. The van der Waals surface area contributed by atoms with E-state index in [0.717, 1.165) is 18.6 Å². The van der Waals surface area contributed by atoms with Crippen LogP contribution in [0.25, 0.3) is 0 Å². The standard InChI is InChI=1S/C13H15ClO2S/c1-16-11-6-5-9(14)8-10(11)13(15)12-4-2-3-7-17-12/h5-6,8,12H,2-4,7H2,1H3. The van der Waals surface area contributed by atoms with Crippen LogP contribution in [-0.4, -0.2) is 23.9 Å². The molecule has 1 aliphatic rings. The number of thioether (sulfide) groups is 1. The van der Waals surface area contributed by atoms with Crippen molar-refractivity contribution in [3.8, 4) is 5.75 Å². The average molecular weight is 271 g/mol. The largest absolute Gasteiger partial charge is 0.496 e. The van der Waals surface area contributed by atoms with E-state index in [-0.39, 0.29) is 11.0 Å². The molecule has 1 aromatic rings.